The lowest BCUT2D eigenvalue weighted by Crippen LogP contribution is -2.13. The predicted molar refractivity (Wildman–Crippen MR) is 95.8 cm³/mol. The molecule has 0 radical (unpaired) electrons. The van der Waals surface area contributed by atoms with Crippen molar-refractivity contribution in [1.29, 1.82) is 0 Å². The van der Waals surface area contributed by atoms with Gasteiger partial charge in [0.2, 0.25) is 5.95 Å². The molecule has 27 heavy (non-hydrogen) atoms. The summed E-state index contributed by atoms with van der Waals surface area (Å²) in [7, 11) is 0. The first kappa shape index (κ1) is 18.6. The minimum absolute atomic E-state index is 0.0360. The van der Waals surface area contributed by atoms with Crippen molar-refractivity contribution in [1.82, 2.24) is 9.97 Å². The average molecular weight is 376 g/mol. The number of rotatable bonds is 5. The van der Waals surface area contributed by atoms with Gasteiger partial charge in [-0.1, -0.05) is 31.2 Å². The van der Waals surface area contributed by atoms with Crippen molar-refractivity contribution in [3.63, 3.8) is 0 Å². The van der Waals surface area contributed by atoms with E-state index in [9.17, 15) is 17.6 Å². The van der Waals surface area contributed by atoms with Gasteiger partial charge in [0.15, 0.2) is 0 Å². The molecule has 140 valence electrons. The maximum Gasteiger partial charge on any atom is 0.421 e. The van der Waals surface area contributed by atoms with Crippen LogP contribution in [0.15, 0.2) is 54.7 Å². The van der Waals surface area contributed by atoms with E-state index in [0.717, 1.165) is 18.1 Å². The van der Waals surface area contributed by atoms with Crippen molar-refractivity contribution in [3.05, 3.63) is 71.7 Å². The number of nitrogens with zero attached hydrogens (tertiary/aromatic N) is 2. The molecule has 0 unspecified atom stereocenters. The van der Waals surface area contributed by atoms with Crippen LogP contribution in [0.5, 0.6) is 0 Å². The Morgan fingerprint density at radius 2 is 1.67 bits per heavy atom. The number of anilines is 4. The van der Waals surface area contributed by atoms with Crippen molar-refractivity contribution in [2.75, 3.05) is 10.6 Å². The van der Waals surface area contributed by atoms with Gasteiger partial charge in [0, 0.05) is 11.9 Å². The molecule has 3 aromatic rings. The smallest absolute Gasteiger partial charge is 0.337 e. The third kappa shape index (κ3) is 4.52. The van der Waals surface area contributed by atoms with Gasteiger partial charge in [-0.05, 0) is 36.2 Å². The van der Waals surface area contributed by atoms with Gasteiger partial charge in [0.05, 0.1) is 5.69 Å². The van der Waals surface area contributed by atoms with E-state index in [4.69, 9.17) is 0 Å². The lowest BCUT2D eigenvalue weighted by atomic mass is 10.1. The molecule has 2 N–H and O–H groups in total. The fourth-order valence-corrected chi connectivity index (χ4v) is 2.39. The summed E-state index contributed by atoms with van der Waals surface area (Å²) in [6.07, 6.45) is -3.15. The van der Waals surface area contributed by atoms with E-state index >= 15 is 0 Å². The molecule has 1 aromatic heterocycles. The van der Waals surface area contributed by atoms with Gasteiger partial charge < -0.3 is 10.6 Å². The lowest BCUT2D eigenvalue weighted by molar-refractivity contribution is -0.137. The SMILES string of the molecule is CCc1ccc(Nc2ncc(C(F)(F)F)c(Nc3ccccc3F)n2)cc1. The molecule has 0 aliphatic heterocycles. The fraction of sp³-hybridized carbons (Fsp3) is 0.158. The van der Waals surface area contributed by atoms with E-state index < -0.39 is 23.4 Å². The summed E-state index contributed by atoms with van der Waals surface area (Å²) in [6.45, 7) is 2.02. The summed E-state index contributed by atoms with van der Waals surface area (Å²) in [4.78, 5) is 7.63. The Morgan fingerprint density at radius 3 is 2.30 bits per heavy atom. The number of hydrogen-bond acceptors (Lipinski definition) is 4. The Bertz CT molecular complexity index is 924. The van der Waals surface area contributed by atoms with Crippen LogP contribution in [0.1, 0.15) is 18.1 Å². The van der Waals surface area contributed by atoms with Crippen molar-refractivity contribution in [2.24, 2.45) is 0 Å². The van der Waals surface area contributed by atoms with E-state index in [0.29, 0.717) is 11.9 Å². The number of hydrogen-bond donors (Lipinski definition) is 2. The number of alkyl halides is 3. The molecular formula is C19H16F4N4. The van der Waals surface area contributed by atoms with Gasteiger partial charge >= 0.3 is 6.18 Å². The van der Waals surface area contributed by atoms with Crippen molar-refractivity contribution < 1.29 is 17.6 Å². The zero-order valence-electron chi connectivity index (χ0n) is 14.3. The van der Waals surface area contributed by atoms with Crippen LogP contribution in [0.4, 0.5) is 40.7 Å². The molecule has 0 atom stereocenters. The molecule has 0 aliphatic carbocycles. The first-order valence-corrected chi connectivity index (χ1v) is 8.18. The standard InChI is InChI=1S/C19H16F4N4/c1-2-12-7-9-13(10-8-12)25-18-24-11-14(19(21,22)23)17(27-18)26-16-6-4-3-5-15(16)20/h3-11H,2H2,1H3,(H2,24,25,26,27). The first-order chi connectivity index (χ1) is 12.9. The highest BCUT2D eigenvalue weighted by Gasteiger charge is 2.35. The van der Waals surface area contributed by atoms with Gasteiger partial charge in [-0.15, -0.1) is 0 Å². The summed E-state index contributed by atoms with van der Waals surface area (Å²) in [6, 6.07) is 12.8. The number of halogens is 4. The molecule has 1 heterocycles. The number of para-hydroxylation sites is 1. The van der Waals surface area contributed by atoms with E-state index in [2.05, 4.69) is 20.6 Å². The van der Waals surface area contributed by atoms with Crippen LogP contribution in [0.25, 0.3) is 0 Å². The number of aryl methyl sites for hydroxylation is 1. The van der Waals surface area contributed by atoms with Crippen molar-refractivity contribution >= 4 is 23.1 Å². The van der Waals surface area contributed by atoms with Gasteiger partial charge in [0.1, 0.15) is 17.2 Å². The van der Waals surface area contributed by atoms with Crippen LogP contribution < -0.4 is 10.6 Å². The molecule has 0 fully saturated rings. The molecule has 3 rings (SSSR count). The molecule has 0 bridgehead atoms. The highest BCUT2D eigenvalue weighted by Crippen LogP contribution is 2.35. The average Bonchev–Trinajstić information content (AvgIpc) is 2.63. The maximum atomic E-state index is 13.8. The minimum Gasteiger partial charge on any atom is -0.337 e. The molecule has 0 saturated carbocycles. The first-order valence-electron chi connectivity index (χ1n) is 8.18. The summed E-state index contributed by atoms with van der Waals surface area (Å²) in [5, 5.41) is 5.26. The Morgan fingerprint density at radius 1 is 0.963 bits per heavy atom. The molecule has 0 aliphatic rings. The maximum absolute atomic E-state index is 13.8. The van der Waals surface area contributed by atoms with Gasteiger partial charge in [0.25, 0.3) is 0 Å². The number of benzene rings is 2. The van der Waals surface area contributed by atoms with Crippen molar-refractivity contribution in [2.45, 2.75) is 19.5 Å². The second-order valence-electron chi connectivity index (χ2n) is 5.73. The summed E-state index contributed by atoms with van der Waals surface area (Å²) >= 11 is 0. The Balaban J connectivity index is 1.93. The van der Waals surface area contributed by atoms with Crippen LogP contribution in [0.3, 0.4) is 0 Å². The molecule has 8 heteroatoms. The van der Waals surface area contributed by atoms with Gasteiger partial charge in [-0.2, -0.15) is 18.2 Å². The van der Waals surface area contributed by atoms with Crippen LogP contribution in [-0.4, -0.2) is 9.97 Å². The number of aromatic nitrogens is 2. The van der Waals surface area contributed by atoms with E-state index in [-0.39, 0.29) is 11.6 Å². The van der Waals surface area contributed by atoms with E-state index in [1.807, 2.05) is 19.1 Å². The predicted octanol–water partition coefficient (Wildman–Crippen LogP) is 5.68. The zero-order chi connectivity index (χ0) is 19.4. The molecule has 0 saturated heterocycles. The quantitative estimate of drug-likeness (QED) is 0.562. The lowest BCUT2D eigenvalue weighted by Gasteiger charge is -2.15. The molecule has 0 amide bonds. The Kier molecular flexibility index (Phi) is 5.25. The van der Waals surface area contributed by atoms with Crippen molar-refractivity contribution in [3.8, 4) is 0 Å². The second-order valence-corrected chi connectivity index (χ2v) is 5.73. The monoisotopic (exact) mass is 376 g/mol. The highest BCUT2D eigenvalue weighted by molar-refractivity contribution is 5.63. The molecule has 0 spiro atoms. The largest absolute Gasteiger partial charge is 0.421 e. The highest BCUT2D eigenvalue weighted by atomic mass is 19.4. The van der Waals surface area contributed by atoms with E-state index in [1.165, 1.54) is 18.2 Å². The zero-order valence-corrected chi connectivity index (χ0v) is 14.3. The summed E-state index contributed by atoms with van der Waals surface area (Å²) in [5.41, 5.74) is 0.553. The third-order valence-corrected chi connectivity index (χ3v) is 3.84. The number of nitrogens with one attached hydrogen (secondary N) is 2. The van der Waals surface area contributed by atoms with Gasteiger partial charge in [-0.3, -0.25) is 0 Å². The van der Waals surface area contributed by atoms with Crippen LogP contribution in [-0.2, 0) is 12.6 Å². The fourth-order valence-electron chi connectivity index (χ4n) is 2.39. The Labute approximate surface area is 153 Å². The van der Waals surface area contributed by atoms with Crippen LogP contribution >= 0.6 is 0 Å². The molecular weight excluding hydrogens is 360 g/mol. The van der Waals surface area contributed by atoms with E-state index in [1.54, 1.807) is 12.1 Å². The Hall–Kier alpha value is -3.16. The summed E-state index contributed by atoms with van der Waals surface area (Å²) in [5.74, 6) is -1.25. The van der Waals surface area contributed by atoms with Gasteiger partial charge in [-0.25, -0.2) is 9.37 Å². The summed E-state index contributed by atoms with van der Waals surface area (Å²) < 4.78 is 53.6. The molecule has 4 nitrogen and oxygen atoms in total. The molecule has 2 aromatic carbocycles. The topological polar surface area (TPSA) is 49.8 Å². The minimum atomic E-state index is -4.69. The second kappa shape index (κ2) is 7.61. The van der Waals surface area contributed by atoms with Crippen LogP contribution in [0, 0.1) is 5.82 Å². The van der Waals surface area contributed by atoms with Crippen LogP contribution in [0.2, 0.25) is 0 Å². The normalized spacial score (nSPS) is 11.3. The third-order valence-electron chi connectivity index (χ3n) is 3.84.